The van der Waals surface area contributed by atoms with E-state index >= 15 is 0 Å². The molecule has 0 amide bonds. The van der Waals surface area contributed by atoms with Gasteiger partial charge in [-0.3, -0.25) is 3.53 Å². The number of nitrogens with one attached hydrogen (secondary N) is 1. The van der Waals surface area contributed by atoms with Gasteiger partial charge in [-0.25, -0.2) is 0 Å². The summed E-state index contributed by atoms with van der Waals surface area (Å²) < 4.78 is 2.97. The molecule has 2 N–H and O–H groups in total. The van der Waals surface area contributed by atoms with Crippen molar-refractivity contribution in [1.82, 2.24) is 3.53 Å². The summed E-state index contributed by atoms with van der Waals surface area (Å²) in [6, 6.07) is 0.292. The van der Waals surface area contributed by atoms with Crippen LogP contribution >= 0.6 is 22.9 Å². The Kier molecular flexibility index (Phi) is 6.25. The van der Waals surface area contributed by atoms with Crippen LogP contribution in [0, 0.1) is 0 Å². The molecule has 0 rings (SSSR count). The molecule has 0 saturated carbocycles. The van der Waals surface area contributed by atoms with E-state index in [4.69, 9.17) is 5.11 Å². The fourth-order valence-electron chi connectivity index (χ4n) is 0.529. The van der Waals surface area contributed by atoms with Gasteiger partial charge in [-0.15, -0.1) is 0 Å². The van der Waals surface area contributed by atoms with Crippen LogP contribution in [0.25, 0.3) is 0 Å². The Bertz CT molecular complexity index is 47.7. The maximum Gasteiger partial charge on any atom is 0.0592 e. The van der Waals surface area contributed by atoms with Crippen LogP contribution in [0.5, 0.6) is 0 Å². The molecule has 0 saturated heterocycles. The molecule has 1 unspecified atom stereocenters. The molecule has 2 nitrogen and oxygen atoms in total. The Hall–Kier alpha value is 0.650. The van der Waals surface area contributed by atoms with Gasteiger partial charge in [-0.1, -0.05) is 13.3 Å². The smallest absolute Gasteiger partial charge is 0.0592 e. The fraction of sp³-hybridized carbons (Fsp3) is 1.00. The van der Waals surface area contributed by atoms with Crippen molar-refractivity contribution in [3.8, 4) is 0 Å². The summed E-state index contributed by atoms with van der Waals surface area (Å²) in [6.45, 7) is 2.35. The molecule has 0 heterocycles. The molecular formula is C5H12INO. The first kappa shape index (κ1) is 8.65. The summed E-state index contributed by atoms with van der Waals surface area (Å²) >= 11 is 2.06. The molecule has 0 aromatic heterocycles. The van der Waals surface area contributed by atoms with Crippen molar-refractivity contribution >= 4 is 22.9 Å². The van der Waals surface area contributed by atoms with E-state index < -0.39 is 0 Å². The molecule has 50 valence electrons. The fourth-order valence-corrected chi connectivity index (χ4v) is 1.04. The second kappa shape index (κ2) is 5.78. The van der Waals surface area contributed by atoms with Crippen molar-refractivity contribution in [3.63, 3.8) is 0 Å². The zero-order chi connectivity index (χ0) is 6.41. The molecule has 0 aromatic rings. The molecule has 0 spiro atoms. The van der Waals surface area contributed by atoms with Crippen LogP contribution in [-0.4, -0.2) is 17.8 Å². The normalized spacial score (nSPS) is 13.9. The lowest BCUT2D eigenvalue weighted by atomic mass is 10.2. The molecule has 0 aliphatic heterocycles. The third kappa shape index (κ3) is 3.63. The van der Waals surface area contributed by atoms with Crippen molar-refractivity contribution in [2.75, 3.05) is 6.61 Å². The van der Waals surface area contributed by atoms with Gasteiger partial charge in [0.15, 0.2) is 0 Å². The molecule has 1 atom stereocenters. The predicted molar refractivity (Wildman–Crippen MR) is 42.9 cm³/mol. The minimum Gasteiger partial charge on any atom is -0.395 e. The van der Waals surface area contributed by atoms with Crippen LogP contribution in [0.4, 0.5) is 0 Å². The topological polar surface area (TPSA) is 32.3 Å². The van der Waals surface area contributed by atoms with Crippen molar-refractivity contribution in [3.05, 3.63) is 0 Å². The average Bonchev–Trinajstić information content (AvgIpc) is 1.83. The highest BCUT2D eigenvalue weighted by Crippen LogP contribution is 1.96. The van der Waals surface area contributed by atoms with Gasteiger partial charge in [0.25, 0.3) is 0 Å². The molecule has 0 aromatic carbocycles. The lowest BCUT2D eigenvalue weighted by Gasteiger charge is -2.08. The van der Waals surface area contributed by atoms with Gasteiger partial charge in [-0.2, -0.15) is 0 Å². The van der Waals surface area contributed by atoms with Crippen molar-refractivity contribution in [2.45, 2.75) is 25.8 Å². The lowest BCUT2D eigenvalue weighted by molar-refractivity contribution is 0.255. The van der Waals surface area contributed by atoms with E-state index in [-0.39, 0.29) is 6.61 Å². The molecule has 0 aliphatic rings. The first-order chi connectivity index (χ1) is 3.85. The van der Waals surface area contributed by atoms with Gasteiger partial charge in [0.2, 0.25) is 0 Å². The van der Waals surface area contributed by atoms with E-state index in [1.807, 2.05) is 0 Å². The standard InChI is InChI=1S/C5H12INO/c1-2-3-5(4-8)7-6/h5,7-8H,2-4H2,1H3. The van der Waals surface area contributed by atoms with Gasteiger partial charge in [0, 0.05) is 28.9 Å². The maximum atomic E-state index is 8.59. The molecular weight excluding hydrogens is 217 g/mol. The van der Waals surface area contributed by atoms with Gasteiger partial charge >= 0.3 is 0 Å². The van der Waals surface area contributed by atoms with Gasteiger partial charge in [0.1, 0.15) is 0 Å². The highest BCUT2D eigenvalue weighted by atomic mass is 127. The van der Waals surface area contributed by atoms with Crippen LogP contribution in [0.2, 0.25) is 0 Å². The Labute approximate surface area is 64.2 Å². The quantitative estimate of drug-likeness (QED) is 0.558. The summed E-state index contributed by atoms with van der Waals surface area (Å²) in [6.07, 6.45) is 2.18. The van der Waals surface area contributed by atoms with E-state index in [0.717, 1.165) is 12.8 Å². The number of aliphatic hydroxyl groups is 1. The van der Waals surface area contributed by atoms with Gasteiger partial charge < -0.3 is 5.11 Å². The highest BCUT2D eigenvalue weighted by molar-refractivity contribution is 14.1. The number of hydrogen-bond donors (Lipinski definition) is 2. The van der Waals surface area contributed by atoms with Crippen molar-refractivity contribution < 1.29 is 5.11 Å². The second-order valence-electron chi connectivity index (χ2n) is 1.78. The summed E-state index contributed by atoms with van der Waals surface area (Å²) in [4.78, 5) is 0. The monoisotopic (exact) mass is 229 g/mol. The minimum absolute atomic E-state index is 0.247. The number of hydrogen-bond acceptors (Lipinski definition) is 2. The van der Waals surface area contributed by atoms with Gasteiger partial charge in [0.05, 0.1) is 6.61 Å². The number of halogens is 1. The summed E-state index contributed by atoms with van der Waals surface area (Å²) in [5, 5.41) is 8.59. The largest absolute Gasteiger partial charge is 0.395 e. The van der Waals surface area contributed by atoms with Crippen LogP contribution in [0.1, 0.15) is 19.8 Å². The van der Waals surface area contributed by atoms with Crippen molar-refractivity contribution in [1.29, 1.82) is 0 Å². The zero-order valence-corrected chi connectivity index (χ0v) is 7.18. The summed E-state index contributed by atoms with van der Waals surface area (Å²) in [7, 11) is 0. The Morgan fingerprint density at radius 3 is 2.50 bits per heavy atom. The molecule has 0 aliphatic carbocycles. The third-order valence-corrected chi connectivity index (χ3v) is 1.89. The molecule has 0 radical (unpaired) electrons. The van der Waals surface area contributed by atoms with Crippen LogP contribution in [0.15, 0.2) is 0 Å². The number of aliphatic hydroxyl groups excluding tert-OH is 1. The van der Waals surface area contributed by atoms with Crippen LogP contribution in [0.3, 0.4) is 0 Å². The van der Waals surface area contributed by atoms with E-state index in [9.17, 15) is 0 Å². The van der Waals surface area contributed by atoms with Gasteiger partial charge in [-0.05, 0) is 6.42 Å². The van der Waals surface area contributed by atoms with Crippen LogP contribution < -0.4 is 3.53 Å². The zero-order valence-electron chi connectivity index (χ0n) is 5.02. The Balaban J connectivity index is 3.07. The van der Waals surface area contributed by atoms with E-state index in [0.29, 0.717) is 6.04 Å². The number of rotatable bonds is 4. The van der Waals surface area contributed by atoms with E-state index in [1.165, 1.54) is 0 Å². The van der Waals surface area contributed by atoms with E-state index in [1.54, 1.807) is 0 Å². The molecule has 8 heavy (non-hydrogen) atoms. The molecule has 3 heteroatoms. The first-order valence-electron chi connectivity index (χ1n) is 2.82. The molecule has 0 bridgehead atoms. The second-order valence-corrected chi connectivity index (χ2v) is 2.40. The first-order valence-corrected chi connectivity index (χ1v) is 3.90. The highest BCUT2D eigenvalue weighted by Gasteiger charge is 2.00. The van der Waals surface area contributed by atoms with Crippen molar-refractivity contribution in [2.24, 2.45) is 0 Å². The summed E-state index contributed by atoms with van der Waals surface area (Å²) in [5.41, 5.74) is 0. The Morgan fingerprint density at radius 2 is 2.38 bits per heavy atom. The van der Waals surface area contributed by atoms with Crippen LogP contribution in [-0.2, 0) is 0 Å². The lowest BCUT2D eigenvalue weighted by Crippen LogP contribution is -2.23. The molecule has 0 fully saturated rings. The Morgan fingerprint density at radius 1 is 1.75 bits per heavy atom. The minimum atomic E-state index is 0.247. The van der Waals surface area contributed by atoms with E-state index in [2.05, 4.69) is 33.3 Å². The predicted octanol–water partition coefficient (Wildman–Crippen LogP) is 1.09. The third-order valence-electron chi connectivity index (χ3n) is 1.01. The summed E-state index contributed by atoms with van der Waals surface area (Å²) in [5.74, 6) is 0. The SMILES string of the molecule is CCCC(CO)NI. The maximum absolute atomic E-state index is 8.59. The average molecular weight is 229 g/mol.